The van der Waals surface area contributed by atoms with Crippen molar-refractivity contribution in [1.82, 2.24) is 10.2 Å². The second-order valence-electron chi connectivity index (χ2n) is 5.54. The molecular formula is C13H25ClN2O. The molecule has 2 rings (SSSR count). The summed E-state index contributed by atoms with van der Waals surface area (Å²) in [6.45, 7) is 6.36. The highest BCUT2D eigenvalue weighted by Gasteiger charge is 2.33. The third-order valence-corrected chi connectivity index (χ3v) is 3.88. The van der Waals surface area contributed by atoms with Gasteiger partial charge in [0.1, 0.15) is 0 Å². The van der Waals surface area contributed by atoms with E-state index >= 15 is 0 Å². The summed E-state index contributed by atoms with van der Waals surface area (Å²) in [5.41, 5.74) is 0. The van der Waals surface area contributed by atoms with E-state index in [0.29, 0.717) is 24.0 Å². The van der Waals surface area contributed by atoms with Crippen LogP contribution in [0.2, 0.25) is 0 Å². The lowest BCUT2D eigenvalue weighted by atomic mass is 9.96. The Morgan fingerprint density at radius 1 is 1.18 bits per heavy atom. The van der Waals surface area contributed by atoms with Crippen LogP contribution in [-0.2, 0) is 4.79 Å². The number of piperidine rings is 1. The van der Waals surface area contributed by atoms with Crippen LogP contribution in [0.1, 0.15) is 52.9 Å². The quantitative estimate of drug-likeness (QED) is 0.845. The molecule has 0 bridgehead atoms. The van der Waals surface area contributed by atoms with Crippen LogP contribution in [0.25, 0.3) is 0 Å². The number of hydrogen-bond donors (Lipinski definition) is 1. The highest BCUT2D eigenvalue weighted by Crippen LogP contribution is 2.24. The molecule has 3 unspecified atom stereocenters. The number of likely N-dealkylation sites (tertiary alicyclic amines) is 1. The fraction of sp³-hybridized carbons (Fsp3) is 0.923. The van der Waals surface area contributed by atoms with Crippen molar-refractivity contribution in [1.29, 1.82) is 0 Å². The van der Waals surface area contributed by atoms with E-state index in [9.17, 15) is 4.79 Å². The Balaban J connectivity index is 0.00000144. The second kappa shape index (κ2) is 6.05. The molecule has 0 aromatic carbocycles. The molecule has 1 amide bonds. The van der Waals surface area contributed by atoms with Gasteiger partial charge >= 0.3 is 0 Å². The topological polar surface area (TPSA) is 32.3 Å². The van der Waals surface area contributed by atoms with Gasteiger partial charge in [-0.1, -0.05) is 0 Å². The summed E-state index contributed by atoms with van der Waals surface area (Å²) in [6.07, 6.45) is 6.06. The van der Waals surface area contributed by atoms with Gasteiger partial charge in [0.15, 0.2) is 0 Å². The lowest BCUT2D eigenvalue weighted by molar-refractivity contribution is -0.139. The molecule has 2 fully saturated rings. The van der Waals surface area contributed by atoms with Gasteiger partial charge in [0, 0.05) is 18.1 Å². The largest absolute Gasteiger partial charge is 0.336 e. The van der Waals surface area contributed by atoms with E-state index in [1.54, 1.807) is 0 Å². The van der Waals surface area contributed by atoms with E-state index in [4.69, 9.17) is 0 Å². The van der Waals surface area contributed by atoms with Crippen LogP contribution < -0.4 is 5.32 Å². The summed E-state index contributed by atoms with van der Waals surface area (Å²) in [7, 11) is 0. The van der Waals surface area contributed by atoms with Crippen LogP contribution in [0.5, 0.6) is 0 Å². The first-order valence-electron chi connectivity index (χ1n) is 6.68. The van der Waals surface area contributed by atoms with E-state index in [0.717, 1.165) is 12.8 Å². The zero-order valence-corrected chi connectivity index (χ0v) is 11.9. The number of hydrogen-bond acceptors (Lipinski definition) is 2. The molecule has 100 valence electrons. The molecule has 0 aromatic heterocycles. The predicted octanol–water partition coefficient (Wildman–Crippen LogP) is 2.34. The van der Waals surface area contributed by atoms with Crippen molar-refractivity contribution in [2.45, 2.75) is 77.0 Å². The van der Waals surface area contributed by atoms with Gasteiger partial charge in [-0.15, -0.1) is 12.4 Å². The van der Waals surface area contributed by atoms with E-state index in [2.05, 4.69) is 24.1 Å². The first-order chi connectivity index (χ1) is 7.59. The van der Waals surface area contributed by atoms with Crippen molar-refractivity contribution in [3.8, 4) is 0 Å². The maximum atomic E-state index is 12.3. The van der Waals surface area contributed by atoms with Gasteiger partial charge < -0.3 is 10.2 Å². The summed E-state index contributed by atoms with van der Waals surface area (Å²) in [5, 5.41) is 3.40. The van der Waals surface area contributed by atoms with Crippen LogP contribution in [0.4, 0.5) is 0 Å². The first-order valence-corrected chi connectivity index (χ1v) is 6.68. The number of halogens is 1. The number of nitrogens with zero attached hydrogens (tertiary/aromatic N) is 1. The molecule has 2 aliphatic rings. The van der Waals surface area contributed by atoms with Gasteiger partial charge in [0.2, 0.25) is 5.91 Å². The molecular weight excluding hydrogens is 236 g/mol. The zero-order chi connectivity index (χ0) is 11.7. The van der Waals surface area contributed by atoms with Crippen molar-refractivity contribution in [3.63, 3.8) is 0 Å². The molecule has 17 heavy (non-hydrogen) atoms. The Morgan fingerprint density at radius 2 is 1.71 bits per heavy atom. The van der Waals surface area contributed by atoms with Crippen molar-refractivity contribution in [2.75, 3.05) is 0 Å². The van der Waals surface area contributed by atoms with Crippen LogP contribution in [0, 0.1) is 0 Å². The number of amides is 1. The highest BCUT2D eigenvalue weighted by atomic mass is 35.5. The van der Waals surface area contributed by atoms with Crippen LogP contribution in [0.15, 0.2) is 0 Å². The van der Waals surface area contributed by atoms with E-state index in [-0.39, 0.29) is 18.4 Å². The van der Waals surface area contributed by atoms with Crippen molar-refractivity contribution in [3.05, 3.63) is 0 Å². The lowest BCUT2D eigenvalue weighted by Crippen LogP contribution is -2.54. The first kappa shape index (κ1) is 14.8. The van der Waals surface area contributed by atoms with Crippen molar-refractivity contribution >= 4 is 18.3 Å². The standard InChI is InChI=1S/C13H24N2O.ClH/c1-9-5-4-6-10(2)15(9)13(16)11(3)14-12-7-8-12;/h9-12,14H,4-8H2,1-3H3;1H. The second-order valence-corrected chi connectivity index (χ2v) is 5.54. The predicted molar refractivity (Wildman–Crippen MR) is 72.5 cm³/mol. The molecule has 1 saturated heterocycles. The summed E-state index contributed by atoms with van der Waals surface area (Å²) in [5.74, 6) is 0.298. The molecule has 1 aliphatic heterocycles. The monoisotopic (exact) mass is 260 g/mol. The van der Waals surface area contributed by atoms with Crippen LogP contribution in [-0.4, -0.2) is 35.0 Å². The smallest absolute Gasteiger partial charge is 0.239 e. The highest BCUT2D eigenvalue weighted by molar-refractivity contribution is 5.85. The van der Waals surface area contributed by atoms with Gasteiger partial charge in [-0.05, 0) is 52.9 Å². The van der Waals surface area contributed by atoms with Crippen molar-refractivity contribution in [2.24, 2.45) is 0 Å². The summed E-state index contributed by atoms with van der Waals surface area (Å²) in [6, 6.07) is 1.43. The minimum absolute atomic E-state index is 0. The van der Waals surface area contributed by atoms with Crippen molar-refractivity contribution < 1.29 is 4.79 Å². The average molecular weight is 261 g/mol. The Bertz CT molecular complexity index is 258. The minimum Gasteiger partial charge on any atom is -0.336 e. The van der Waals surface area contributed by atoms with E-state index in [1.807, 2.05) is 6.92 Å². The molecule has 1 N–H and O–H groups in total. The molecule has 3 nitrogen and oxygen atoms in total. The molecule has 0 radical (unpaired) electrons. The fourth-order valence-corrected chi connectivity index (χ4v) is 2.75. The summed E-state index contributed by atoms with van der Waals surface area (Å²) < 4.78 is 0. The lowest BCUT2D eigenvalue weighted by Gasteiger charge is -2.40. The molecule has 3 atom stereocenters. The third kappa shape index (κ3) is 3.59. The Kier molecular flexibility index (Phi) is 5.26. The maximum absolute atomic E-state index is 12.3. The number of carbonyl (C=O) groups excluding carboxylic acids is 1. The SMILES string of the molecule is CC(NC1CC1)C(=O)N1C(C)CCCC1C.Cl. The maximum Gasteiger partial charge on any atom is 0.239 e. The molecule has 1 heterocycles. The van der Waals surface area contributed by atoms with Gasteiger partial charge in [0.05, 0.1) is 6.04 Å². The van der Waals surface area contributed by atoms with Gasteiger partial charge in [-0.3, -0.25) is 4.79 Å². The molecule has 4 heteroatoms. The normalized spacial score (nSPS) is 30.6. The third-order valence-electron chi connectivity index (χ3n) is 3.88. The summed E-state index contributed by atoms with van der Waals surface area (Å²) in [4.78, 5) is 14.4. The van der Waals surface area contributed by atoms with Gasteiger partial charge in [0.25, 0.3) is 0 Å². The number of nitrogens with one attached hydrogen (secondary N) is 1. The summed E-state index contributed by atoms with van der Waals surface area (Å²) >= 11 is 0. The van der Waals surface area contributed by atoms with Crippen LogP contribution in [0.3, 0.4) is 0 Å². The molecule has 0 spiro atoms. The molecule has 1 saturated carbocycles. The number of rotatable bonds is 3. The van der Waals surface area contributed by atoms with Gasteiger partial charge in [-0.25, -0.2) is 0 Å². The Labute approximate surface area is 111 Å². The van der Waals surface area contributed by atoms with E-state index < -0.39 is 0 Å². The molecule has 1 aliphatic carbocycles. The average Bonchev–Trinajstić information content (AvgIpc) is 3.01. The van der Waals surface area contributed by atoms with E-state index in [1.165, 1.54) is 19.3 Å². The van der Waals surface area contributed by atoms with Crippen LogP contribution >= 0.6 is 12.4 Å². The fourth-order valence-electron chi connectivity index (χ4n) is 2.75. The minimum atomic E-state index is -0.00417. The number of carbonyl (C=O) groups is 1. The zero-order valence-electron chi connectivity index (χ0n) is 11.1. The Hall–Kier alpha value is -0.280. The Morgan fingerprint density at radius 3 is 2.18 bits per heavy atom. The van der Waals surface area contributed by atoms with Gasteiger partial charge in [-0.2, -0.15) is 0 Å². The molecule has 0 aromatic rings.